The van der Waals surface area contributed by atoms with Gasteiger partial charge in [-0.15, -0.1) is 0 Å². The summed E-state index contributed by atoms with van der Waals surface area (Å²) < 4.78 is 0. The summed E-state index contributed by atoms with van der Waals surface area (Å²) in [5.41, 5.74) is 3.02. The van der Waals surface area contributed by atoms with E-state index in [4.69, 9.17) is 4.84 Å². The molecule has 0 aromatic rings. The molecule has 0 aromatic heterocycles. The summed E-state index contributed by atoms with van der Waals surface area (Å²) in [6, 6.07) is 0. The molecule has 0 aromatic carbocycles. The Bertz CT molecular complexity index is 113. The summed E-state index contributed by atoms with van der Waals surface area (Å²) in [5, 5.41) is 0. The van der Waals surface area contributed by atoms with Crippen molar-refractivity contribution in [2.45, 2.75) is 59.1 Å². The zero-order valence-electron chi connectivity index (χ0n) is 8.62. The number of hydrogen-bond acceptors (Lipinski definition) is 2. The van der Waals surface area contributed by atoms with E-state index in [1.165, 1.54) is 0 Å². The first-order valence-corrected chi connectivity index (χ1v) is 4.22. The number of rotatable bonds is 3. The Morgan fingerprint density at radius 3 is 1.82 bits per heavy atom. The average molecular weight is 159 g/mol. The highest BCUT2D eigenvalue weighted by molar-refractivity contribution is 4.71. The molecule has 0 bridgehead atoms. The first kappa shape index (κ1) is 10.9. The summed E-state index contributed by atoms with van der Waals surface area (Å²) in [5.74, 6) is 0. The molecule has 0 aliphatic carbocycles. The fourth-order valence-corrected chi connectivity index (χ4v) is 0.363. The minimum Gasteiger partial charge on any atom is -0.296 e. The lowest BCUT2D eigenvalue weighted by Gasteiger charge is -2.29. The maximum atomic E-state index is 5.44. The summed E-state index contributed by atoms with van der Waals surface area (Å²) in [6.45, 7) is 12.5. The van der Waals surface area contributed by atoms with Gasteiger partial charge in [0.25, 0.3) is 0 Å². The van der Waals surface area contributed by atoms with Crippen LogP contribution in [0.3, 0.4) is 0 Å². The van der Waals surface area contributed by atoms with Gasteiger partial charge in [0.2, 0.25) is 0 Å². The van der Waals surface area contributed by atoms with Gasteiger partial charge in [-0.05, 0) is 41.0 Å². The Labute approximate surface area is 70.3 Å². The van der Waals surface area contributed by atoms with Crippen molar-refractivity contribution in [2.75, 3.05) is 0 Å². The molecule has 0 radical (unpaired) electrons. The van der Waals surface area contributed by atoms with Gasteiger partial charge >= 0.3 is 0 Å². The van der Waals surface area contributed by atoms with Crippen LogP contribution in [0.25, 0.3) is 0 Å². The molecular formula is C9H21NO. The fraction of sp³-hybridized carbons (Fsp3) is 1.00. The summed E-state index contributed by atoms with van der Waals surface area (Å²) in [6.07, 6.45) is 1.06. The van der Waals surface area contributed by atoms with E-state index >= 15 is 0 Å². The van der Waals surface area contributed by atoms with E-state index in [1.54, 1.807) is 0 Å². The summed E-state index contributed by atoms with van der Waals surface area (Å²) in [7, 11) is 0. The van der Waals surface area contributed by atoms with Crippen molar-refractivity contribution >= 4 is 0 Å². The normalized spacial score (nSPS) is 13.6. The summed E-state index contributed by atoms with van der Waals surface area (Å²) in [4.78, 5) is 5.44. The van der Waals surface area contributed by atoms with Crippen LogP contribution in [0.5, 0.6) is 0 Å². The van der Waals surface area contributed by atoms with E-state index in [0.717, 1.165) is 6.42 Å². The molecule has 2 nitrogen and oxygen atoms in total. The second kappa shape index (κ2) is 3.55. The highest BCUT2D eigenvalue weighted by atomic mass is 16.7. The maximum absolute atomic E-state index is 5.44. The minimum atomic E-state index is -0.105. The van der Waals surface area contributed by atoms with Crippen LogP contribution in [-0.4, -0.2) is 11.1 Å². The molecule has 0 fully saturated rings. The SMILES string of the molecule is CCC(C)(C)NOC(C)(C)C. The second-order valence-electron chi connectivity index (χ2n) is 4.55. The van der Waals surface area contributed by atoms with Gasteiger partial charge in [0, 0.05) is 5.54 Å². The van der Waals surface area contributed by atoms with Gasteiger partial charge in [-0.3, -0.25) is 4.84 Å². The third kappa shape index (κ3) is 6.32. The van der Waals surface area contributed by atoms with Gasteiger partial charge in [0.05, 0.1) is 5.60 Å². The quantitative estimate of drug-likeness (QED) is 0.639. The van der Waals surface area contributed by atoms with E-state index in [0.29, 0.717) is 0 Å². The van der Waals surface area contributed by atoms with E-state index < -0.39 is 0 Å². The largest absolute Gasteiger partial charge is 0.296 e. The second-order valence-corrected chi connectivity index (χ2v) is 4.55. The van der Waals surface area contributed by atoms with Gasteiger partial charge in [0.15, 0.2) is 0 Å². The van der Waals surface area contributed by atoms with Crippen molar-refractivity contribution in [1.29, 1.82) is 0 Å². The van der Waals surface area contributed by atoms with Crippen LogP contribution < -0.4 is 5.48 Å². The fourth-order valence-electron chi connectivity index (χ4n) is 0.363. The first-order chi connectivity index (χ1) is 4.77. The predicted octanol–water partition coefficient (Wildman–Crippen LogP) is 2.49. The predicted molar refractivity (Wildman–Crippen MR) is 48.3 cm³/mol. The molecule has 0 aliphatic heterocycles. The van der Waals surface area contributed by atoms with Crippen LogP contribution in [0.15, 0.2) is 0 Å². The van der Waals surface area contributed by atoms with Gasteiger partial charge in [-0.2, -0.15) is 5.48 Å². The third-order valence-corrected chi connectivity index (χ3v) is 1.52. The van der Waals surface area contributed by atoms with Crippen LogP contribution in [-0.2, 0) is 4.84 Å². The van der Waals surface area contributed by atoms with Crippen molar-refractivity contribution in [2.24, 2.45) is 0 Å². The first-order valence-electron chi connectivity index (χ1n) is 4.22. The monoisotopic (exact) mass is 159 g/mol. The zero-order valence-corrected chi connectivity index (χ0v) is 8.62. The highest BCUT2D eigenvalue weighted by Gasteiger charge is 2.18. The number of nitrogens with one attached hydrogen (secondary N) is 1. The van der Waals surface area contributed by atoms with Crippen molar-refractivity contribution in [1.82, 2.24) is 5.48 Å². The molecule has 68 valence electrons. The molecule has 0 unspecified atom stereocenters. The van der Waals surface area contributed by atoms with Crippen molar-refractivity contribution in [3.8, 4) is 0 Å². The Morgan fingerprint density at radius 2 is 1.55 bits per heavy atom. The molecule has 1 N–H and O–H groups in total. The minimum absolute atomic E-state index is 0.0767. The lowest BCUT2D eigenvalue weighted by atomic mass is 10.0. The zero-order chi connectivity index (χ0) is 9.12. The molecular weight excluding hydrogens is 138 g/mol. The molecule has 2 heteroatoms. The standard InChI is InChI=1S/C9H21NO/c1-7-9(5,6)10-11-8(2,3)4/h10H,7H2,1-6H3. The molecule has 0 heterocycles. The Kier molecular flexibility index (Phi) is 3.52. The number of hydrogen-bond donors (Lipinski definition) is 1. The van der Waals surface area contributed by atoms with Crippen LogP contribution in [0.2, 0.25) is 0 Å². The molecule has 0 rings (SSSR count). The van der Waals surface area contributed by atoms with Crippen LogP contribution in [0, 0.1) is 0 Å². The average Bonchev–Trinajstić information content (AvgIpc) is 1.83. The van der Waals surface area contributed by atoms with Crippen LogP contribution in [0.1, 0.15) is 48.0 Å². The Balaban J connectivity index is 3.70. The molecule has 0 amide bonds. The van der Waals surface area contributed by atoms with Gasteiger partial charge in [-0.1, -0.05) is 6.92 Å². The van der Waals surface area contributed by atoms with Crippen molar-refractivity contribution < 1.29 is 4.84 Å². The van der Waals surface area contributed by atoms with E-state index in [-0.39, 0.29) is 11.1 Å². The smallest absolute Gasteiger partial charge is 0.0813 e. The van der Waals surface area contributed by atoms with Crippen LogP contribution >= 0.6 is 0 Å². The lowest BCUT2D eigenvalue weighted by molar-refractivity contribution is -0.107. The Morgan fingerprint density at radius 1 is 1.09 bits per heavy atom. The lowest BCUT2D eigenvalue weighted by Crippen LogP contribution is -2.43. The number of hydroxylamine groups is 1. The highest BCUT2D eigenvalue weighted by Crippen LogP contribution is 2.11. The van der Waals surface area contributed by atoms with Gasteiger partial charge in [0.1, 0.15) is 0 Å². The van der Waals surface area contributed by atoms with Crippen molar-refractivity contribution in [3.05, 3.63) is 0 Å². The molecule has 0 spiro atoms. The molecule has 0 aliphatic rings. The van der Waals surface area contributed by atoms with E-state index in [2.05, 4.69) is 26.3 Å². The van der Waals surface area contributed by atoms with Crippen molar-refractivity contribution in [3.63, 3.8) is 0 Å². The van der Waals surface area contributed by atoms with Crippen LogP contribution in [0.4, 0.5) is 0 Å². The maximum Gasteiger partial charge on any atom is 0.0813 e. The molecule has 0 atom stereocenters. The third-order valence-electron chi connectivity index (χ3n) is 1.52. The molecule has 11 heavy (non-hydrogen) atoms. The Hall–Kier alpha value is -0.0800. The van der Waals surface area contributed by atoms with E-state index in [1.807, 2.05) is 20.8 Å². The topological polar surface area (TPSA) is 21.3 Å². The van der Waals surface area contributed by atoms with Gasteiger partial charge < -0.3 is 0 Å². The molecule has 0 saturated carbocycles. The molecule has 0 saturated heterocycles. The van der Waals surface area contributed by atoms with E-state index in [9.17, 15) is 0 Å². The summed E-state index contributed by atoms with van der Waals surface area (Å²) >= 11 is 0. The van der Waals surface area contributed by atoms with Gasteiger partial charge in [-0.25, -0.2) is 0 Å².